The lowest BCUT2D eigenvalue weighted by Crippen LogP contribution is -2.35. The molecular formula is C17H23N3O4. The zero-order valence-electron chi connectivity index (χ0n) is 14.0. The number of aliphatic hydroxyl groups excluding tert-OH is 1. The van der Waals surface area contributed by atoms with Crippen molar-refractivity contribution in [3.63, 3.8) is 0 Å². The highest BCUT2D eigenvalue weighted by Crippen LogP contribution is 2.14. The second-order valence-electron chi connectivity index (χ2n) is 5.62. The number of nitrogens with zero attached hydrogens (tertiary/aromatic N) is 2. The van der Waals surface area contributed by atoms with Crippen LogP contribution in [0.4, 0.5) is 0 Å². The van der Waals surface area contributed by atoms with E-state index in [1.807, 2.05) is 0 Å². The Kier molecular flexibility index (Phi) is 6.74. The third kappa shape index (κ3) is 5.06. The maximum absolute atomic E-state index is 11.9. The number of aryl methyl sites for hydroxylation is 1. The summed E-state index contributed by atoms with van der Waals surface area (Å²) in [7, 11) is 0. The Bertz CT molecular complexity index is 640. The maximum Gasteiger partial charge on any atom is 0.253 e. The van der Waals surface area contributed by atoms with Gasteiger partial charge in [0.1, 0.15) is 12.9 Å². The molecule has 0 aliphatic rings. The number of amides is 1. The molecule has 0 bridgehead atoms. The number of ether oxygens (including phenoxy) is 1. The van der Waals surface area contributed by atoms with Crippen LogP contribution in [0.1, 0.15) is 48.3 Å². The fourth-order valence-corrected chi connectivity index (χ4v) is 2.05. The summed E-state index contributed by atoms with van der Waals surface area (Å²) >= 11 is 0. The lowest BCUT2D eigenvalue weighted by Gasteiger charge is -2.10. The van der Waals surface area contributed by atoms with Crippen LogP contribution in [0.3, 0.4) is 0 Å². The van der Waals surface area contributed by atoms with Crippen LogP contribution in [0.2, 0.25) is 0 Å². The molecule has 0 aromatic carbocycles. The van der Waals surface area contributed by atoms with Gasteiger partial charge in [-0.2, -0.15) is 0 Å². The number of hydrogen-bond donors (Lipinski definition) is 2. The third-order valence-electron chi connectivity index (χ3n) is 3.52. The number of hydrogen-bond acceptors (Lipinski definition) is 6. The summed E-state index contributed by atoms with van der Waals surface area (Å²) in [5.41, 5.74) is 2.23. The van der Waals surface area contributed by atoms with E-state index in [0.717, 1.165) is 30.5 Å². The second-order valence-corrected chi connectivity index (χ2v) is 5.62. The molecule has 2 N–H and O–H groups in total. The van der Waals surface area contributed by atoms with Crippen LogP contribution < -0.4 is 10.1 Å². The van der Waals surface area contributed by atoms with E-state index in [0.29, 0.717) is 18.1 Å². The van der Waals surface area contributed by atoms with Gasteiger partial charge in [0, 0.05) is 18.3 Å². The molecule has 24 heavy (non-hydrogen) atoms. The zero-order chi connectivity index (χ0) is 17.4. The van der Waals surface area contributed by atoms with Crippen LogP contribution in [0.15, 0.2) is 29.1 Å². The second kappa shape index (κ2) is 9.02. The minimum atomic E-state index is -0.302. The number of carbonyl (C=O) groups is 1. The summed E-state index contributed by atoms with van der Waals surface area (Å²) in [6.45, 7) is 4.05. The highest BCUT2D eigenvalue weighted by molar-refractivity contribution is 5.94. The van der Waals surface area contributed by atoms with Crippen molar-refractivity contribution in [2.24, 2.45) is 0 Å². The molecule has 0 saturated carbocycles. The van der Waals surface area contributed by atoms with Crippen LogP contribution in [0.5, 0.6) is 5.88 Å². The number of nitrogens with one attached hydrogen (secondary N) is 1. The molecule has 0 radical (unpaired) electrons. The van der Waals surface area contributed by atoms with E-state index in [1.165, 1.54) is 6.20 Å². The van der Waals surface area contributed by atoms with Gasteiger partial charge >= 0.3 is 0 Å². The van der Waals surface area contributed by atoms with E-state index in [9.17, 15) is 4.79 Å². The first-order chi connectivity index (χ1) is 11.6. The van der Waals surface area contributed by atoms with Crippen molar-refractivity contribution in [3.8, 4) is 5.88 Å². The maximum atomic E-state index is 11.9. The predicted octanol–water partition coefficient (Wildman–Crippen LogP) is 2.10. The third-order valence-corrected chi connectivity index (χ3v) is 3.52. The van der Waals surface area contributed by atoms with E-state index in [1.54, 1.807) is 25.3 Å². The van der Waals surface area contributed by atoms with Crippen LogP contribution in [0.25, 0.3) is 0 Å². The Hall–Kier alpha value is -2.41. The number of rotatable bonds is 9. The van der Waals surface area contributed by atoms with E-state index in [-0.39, 0.29) is 18.6 Å². The monoisotopic (exact) mass is 333 g/mol. The first kappa shape index (κ1) is 17.9. The van der Waals surface area contributed by atoms with Gasteiger partial charge in [-0.3, -0.25) is 4.79 Å². The van der Waals surface area contributed by atoms with Crippen molar-refractivity contribution < 1.29 is 19.2 Å². The Balaban J connectivity index is 1.90. The van der Waals surface area contributed by atoms with Crippen molar-refractivity contribution >= 4 is 5.91 Å². The van der Waals surface area contributed by atoms with Gasteiger partial charge in [0.25, 0.3) is 5.91 Å². The van der Waals surface area contributed by atoms with Crippen molar-refractivity contribution in [2.75, 3.05) is 6.61 Å². The summed E-state index contributed by atoms with van der Waals surface area (Å²) in [5, 5.41) is 15.6. The summed E-state index contributed by atoms with van der Waals surface area (Å²) < 4.78 is 10.6. The summed E-state index contributed by atoms with van der Waals surface area (Å²) in [6.07, 6.45) is 6.03. The Labute approximate surface area is 141 Å². The minimum absolute atomic E-state index is 0.112. The number of aliphatic hydroxyl groups is 1. The first-order valence-corrected chi connectivity index (χ1v) is 8.06. The number of aromatic nitrogens is 2. The van der Waals surface area contributed by atoms with Crippen molar-refractivity contribution in [3.05, 3.63) is 41.4 Å². The van der Waals surface area contributed by atoms with E-state index >= 15 is 0 Å². The SMILES string of the molecule is CCCCc1nocc1COc1ccc(C(=O)NC(C)CO)cn1. The minimum Gasteiger partial charge on any atom is -0.473 e. The number of carbonyl (C=O) groups excluding carboxylic acids is 1. The zero-order valence-corrected chi connectivity index (χ0v) is 14.0. The van der Waals surface area contributed by atoms with Gasteiger partial charge in [-0.25, -0.2) is 4.98 Å². The van der Waals surface area contributed by atoms with Gasteiger partial charge in [-0.1, -0.05) is 18.5 Å². The Morgan fingerprint density at radius 1 is 1.46 bits per heavy atom. The normalized spacial score (nSPS) is 12.0. The highest BCUT2D eigenvalue weighted by atomic mass is 16.5. The van der Waals surface area contributed by atoms with Crippen LogP contribution in [-0.2, 0) is 13.0 Å². The lowest BCUT2D eigenvalue weighted by atomic mass is 10.1. The van der Waals surface area contributed by atoms with Gasteiger partial charge in [0.05, 0.1) is 23.4 Å². The molecule has 0 aliphatic heterocycles. The fraction of sp³-hybridized carbons (Fsp3) is 0.471. The molecule has 1 amide bonds. The first-order valence-electron chi connectivity index (χ1n) is 8.06. The predicted molar refractivity (Wildman–Crippen MR) is 87.7 cm³/mol. The highest BCUT2D eigenvalue weighted by Gasteiger charge is 2.11. The van der Waals surface area contributed by atoms with Gasteiger partial charge in [-0.05, 0) is 25.8 Å². The van der Waals surface area contributed by atoms with Gasteiger partial charge in [0.15, 0.2) is 0 Å². The molecule has 7 nitrogen and oxygen atoms in total. The van der Waals surface area contributed by atoms with E-state index < -0.39 is 0 Å². The molecule has 2 aromatic rings. The van der Waals surface area contributed by atoms with Crippen LogP contribution in [-0.4, -0.2) is 33.8 Å². The molecule has 1 unspecified atom stereocenters. The summed E-state index contributed by atoms with van der Waals surface area (Å²) in [5.74, 6) is 0.140. The lowest BCUT2D eigenvalue weighted by molar-refractivity contribution is 0.0922. The quantitative estimate of drug-likeness (QED) is 0.729. The van der Waals surface area contributed by atoms with Crippen molar-refractivity contribution in [2.45, 2.75) is 45.8 Å². The summed E-state index contributed by atoms with van der Waals surface area (Å²) in [4.78, 5) is 16.0. The molecular weight excluding hydrogens is 310 g/mol. The van der Waals surface area contributed by atoms with Crippen LogP contribution >= 0.6 is 0 Å². The molecule has 1 atom stereocenters. The Morgan fingerprint density at radius 2 is 2.29 bits per heavy atom. The molecule has 2 heterocycles. The largest absolute Gasteiger partial charge is 0.473 e. The summed E-state index contributed by atoms with van der Waals surface area (Å²) in [6, 6.07) is 2.97. The molecule has 0 aliphatic carbocycles. The molecule has 0 saturated heterocycles. The standard InChI is InChI=1S/C17H23N3O4/c1-3-4-5-15-14(11-24-20-15)10-23-16-7-6-13(8-18-16)17(22)19-12(2)9-21/h6-8,11-12,21H,3-5,9-10H2,1-2H3,(H,19,22). The van der Waals surface area contributed by atoms with E-state index in [2.05, 4.69) is 22.4 Å². The smallest absolute Gasteiger partial charge is 0.253 e. The fourth-order valence-electron chi connectivity index (χ4n) is 2.05. The molecule has 0 fully saturated rings. The van der Waals surface area contributed by atoms with E-state index in [4.69, 9.17) is 14.4 Å². The average molecular weight is 333 g/mol. The number of pyridine rings is 1. The molecule has 7 heteroatoms. The molecule has 2 aromatic heterocycles. The van der Waals surface area contributed by atoms with Gasteiger partial charge in [0.2, 0.25) is 5.88 Å². The average Bonchev–Trinajstić information content (AvgIpc) is 3.05. The molecule has 2 rings (SSSR count). The van der Waals surface area contributed by atoms with Crippen molar-refractivity contribution in [1.82, 2.24) is 15.5 Å². The number of unbranched alkanes of at least 4 members (excludes halogenated alkanes) is 1. The van der Waals surface area contributed by atoms with Crippen LogP contribution in [0, 0.1) is 0 Å². The molecule has 0 spiro atoms. The van der Waals surface area contributed by atoms with Gasteiger partial charge < -0.3 is 19.7 Å². The Morgan fingerprint density at radius 3 is 2.96 bits per heavy atom. The van der Waals surface area contributed by atoms with Gasteiger partial charge in [-0.15, -0.1) is 0 Å². The molecule has 130 valence electrons. The topological polar surface area (TPSA) is 97.5 Å². The van der Waals surface area contributed by atoms with Crippen molar-refractivity contribution in [1.29, 1.82) is 0 Å².